The highest BCUT2D eigenvalue weighted by atomic mass is 32.1. The minimum Gasteiger partial charge on any atom is -0.481 e. The molecule has 0 aliphatic carbocycles. The van der Waals surface area contributed by atoms with Gasteiger partial charge in [-0.1, -0.05) is 13.8 Å². The number of aromatic carboxylic acids is 1. The van der Waals surface area contributed by atoms with Gasteiger partial charge in [0, 0.05) is 6.07 Å². The van der Waals surface area contributed by atoms with Crippen LogP contribution in [0.5, 0.6) is 5.88 Å². The molecule has 0 bridgehead atoms. The van der Waals surface area contributed by atoms with Crippen molar-refractivity contribution in [3.8, 4) is 16.6 Å². The average Bonchev–Trinajstić information content (AvgIpc) is 2.82. The first-order valence-corrected chi connectivity index (χ1v) is 6.92. The highest BCUT2D eigenvalue weighted by Crippen LogP contribution is 2.29. The van der Waals surface area contributed by atoms with E-state index in [4.69, 9.17) is 4.74 Å². The summed E-state index contributed by atoms with van der Waals surface area (Å²) in [5.41, 5.74) is 1.17. The van der Waals surface area contributed by atoms with Gasteiger partial charge in [0.25, 0.3) is 0 Å². The monoisotopic (exact) mass is 293 g/mol. The van der Waals surface area contributed by atoms with Crippen LogP contribution in [-0.4, -0.2) is 33.1 Å². The molecule has 0 aliphatic rings. The summed E-state index contributed by atoms with van der Waals surface area (Å²) in [5, 5.41) is 9.82. The van der Waals surface area contributed by atoms with E-state index in [1.165, 1.54) is 13.4 Å². The number of nitrogens with zero attached hydrogens (tertiary/aromatic N) is 3. The van der Waals surface area contributed by atoms with Crippen molar-refractivity contribution in [2.75, 3.05) is 7.11 Å². The first-order valence-electron chi connectivity index (χ1n) is 6.10. The molecule has 0 saturated carbocycles. The molecule has 1 N–H and O–H groups in total. The Morgan fingerprint density at radius 2 is 2.20 bits per heavy atom. The number of methoxy groups -OCH3 is 1. The quantitative estimate of drug-likeness (QED) is 0.911. The molecule has 2 aromatic heterocycles. The third kappa shape index (κ3) is 3.11. The maximum absolute atomic E-state index is 11.3. The zero-order valence-corrected chi connectivity index (χ0v) is 12.3. The standard InChI is InChI=1S/C13H15N3O3S/c1-7(2)4-8-11(13(17)18)20-12(16-8)9-5-10(19-3)15-6-14-9/h5-7H,4H2,1-3H3,(H,17,18). The Hall–Kier alpha value is -2.02. The smallest absolute Gasteiger partial charge is 0.347 e. The maximum atomic E-state index is 11.3. The van der Waals surface area contributed by atoms with Crippen molar-refractivity contribution >= 4 is 17.3 Å². The van der Waals surface area contributed by atoms with Crippen molar-refractivity contribution in [3.05, 3.63) is 23.0 Å². The first kappa shape index (κ1) is 14.4. The molecule has 0 saturated heterocycles. The normalized spacial score (nSPS) is 10.8. The topological polar surface area (TPSA) is 85.2 Å². The lowest BCUT2D eigenvalue weighted by Gasteiger charge is -2.01. The largest absolute Gasteiger partial charge is 0.481 e. The van der Waals surface area contributed by atoms with Gasteiger partial charge in [0.1, 0.15) is 21.9 Å². The lowest BCUT2D eigenvalue weighted by molar-refractivity contribution is 0.0700. The fourth-order valence-corrected chi connectivity index (χ4v) is 2.62. The molecule has 0 atom stereocenters. The Morgan fingerprint density at radius 1 is 1.45 bits per heavy atom. The number of rotatable bonds is 5. The van der Waals surface area contributed by atoms with Crippen LogP contribution in [0.25, 0.3) is 10.7 Å². The second-order valence-corrected chi connectivity index (χ2v) is 5.64. The number of thiazole rings is 1. The van der Waals surface area contributed by atoms with Crippen LogP contribution in [0.15, 0.2) is 12.4 Å². The summed E-state index contributed by atoms with van der Waals surface area (Å²) in [4.78, 5) is 24.0. The molecule has 20 heavy (non-hydrogen) atoms. The van der Waals surface area contributed by atoms with Crippen LogP contribution in [0.3, 0.4) is 0 Å². The van der Waals surface area contributed by atoms with E-state index in [0.29, 0.717) is 34.6 Å². The van der Waals surface area contributed by atoms with Crippen LogP contribution < -0.4 is 4.74 Å². The third-order valence-corrected chi connectivity index (χ3v) is 3.67. The van der Waals surface area contributed by atoms with Gasteiger partial charge in [0.05, 0.1) is 12.8 Å². The van der Waals surface area contributed by atoms with Crippen molar-refractivity contribution in [2.24, 2.45) is 5.92 Å². The number of hydrogen-bond donors (Lipinski definition) is 1. The molecular weight excluding hydrogens is 278 g/mol. The minimum atomic E-state index is -0.953. The Labute approximate surface area is 120 Å². The predicted molar refractivity (Wildman–Crippen MR) is 75.2 cm³/mol. The van der Waals surface area contributed by atoms with E-state index in [1.807, 2.05) is 13.8 Å². The van der Waals surface area contributed by atoms with Crippen LogP contribution >= 0.6 is 11.3 Å². The maximum Gasteiger partial charge on any atom is 0.347 e. The SMILES string of the molecule is COc1cc(-c2nc(CC(C)C)c(C(=O)O)s2)ncn1. The summed E-state index contributed by atoms with van der Waals surface area (Å²) in [5.74, 6) is -0.194. The number of ether oxygens (including phenoxy) is 1. The van der Waals surface area contributed by atoms with Crippen molar-refractivity contribution in [3.63, 3.8) is 0 Å². The summed E-state index contributed by atoms with van der Waals surface area (Å²) < 4.78 is 5.03. The zero-order chi connectivity index (χ0) is 14.7. The van der Waals surface area contributed by atoms with Crippen molar-refractivity contribution in [2.45, 2.75) is 20.3 Å². The van der Waals surface area contributed by atoms with Crippen molar-refractivity contribution < 1.29 is 14.6 Å². The summed E-state index contributed by atoms with van der Waals surface area (Å²) in [6, 6.07) is 1.64. The van der Waals surface area contributed by atoms with Crippen LogP contribution in [0.2, 0.25) is 0 Å². The number of carboxylic acids is 1. The van der Waals surface area contributed by atoms with Gasteiger partial charge >= 0.3 is 5.97 Å². The summed E-state index contributed by atoms with van der Waals surface area (Å²) >= 11 is 1.13. The van der Waals surface area contributed by atoms with Gasteiger partial charge in [0.15, 0.2) is 0 Å². The number of hydrogen-bond acceptors (Lipinski definition) is 6. The molecule has 106 valence electrons. The second kappa shape index (κ2) is 5.96. The second-order valence-electron chi connectivity index (χ2n) is 4.64. The van der Waals surface area contributed by atoms with Gasteiger partial charge in [-0.15, -0.1) is 11.3 Å². The van der Waals surface area contributed by atoms with Gasteiger partial charge in [-0.25, -0.2) is 19.7 Å². The van der Waals surface area contributed by atoms with E-state index in [9.17, 15) is 9.90 Å². The Morgan fingerprint density at radius 3 is 2.80 bits per heavy atom. The van der Waals surface area contributed by atoms with E-state index in [2.05, 4.69) is 15.0 Å². The van der Waals surface area contributed by atoms with Gasteiger partial charge < -0.3 is 9.84 Å². The summed E-state index contributed by atoms with van der Waals surface area (Å²) in [6.07, 6.45) is 2.00. The third-order valence-electron chi connectivity index (χ3n) is 2.56. The molecule has 0 radical (unpaired) electrons. The lowest BCUT2D eigenvalue weighted by Crippen LogP contribution is -2.02. The molecule has 0 aliphatic heterocycles. The molecule has 0 aromatic carbocycles. The number of carboxylic acid groups (broad SMARTS) is 1. The minimum absolute atomic E-state index is 0.270. The molecule has 0 fully saturated rings. The number of aromatic nitrogens is 3. The van der Waals surface area contributed by atoms with Crippen LogP contribution in [0.1, 0.15) is 29.2 Å². The van der Waals surface area contributed by atoms with Gasteiger partial charge in [0.2, 0.25) is 5.88 Å². The first-order chi connectivity index (χ1) is 9.51. The molecule has 2 aromatic rings. The number of carbonyl (C=O) groups is 1. The molecule has 6 nitrogen and oxygen atoms in total. The van der Waals surface area contributed by atoms with E-state index >= 15 is 0 Å². The lowest BCUT2D eigenvalue weighted by atomic mass is 10.1. The molecule has 0 amide bonds. The Bertz CT molecular complexity index is 625. The molecule has 2 heterocycles. The van der Waals surface area contributed by atoms with Crippen LogP contribution in [0.4, 0.5) is 0 Å². The molecule has 0 unspecified atom stereocenters. The fraction of sp³-hybridized carbons (Fsp3) is 0.385. The van der Waals surface area contributed by atoms with Crippen molar-refractivity contribution in [1.82, 2.24) is 15.0 Å². The van der Waals surface area contributed by atoms with Gasteiger partial charge in [-0.05, 0) is 12.3 Å². The van der Waals surface area contributed by atoms with Crippen molar-refractivity contribution in [1.29, 1.82) is 0 Å². The summed E-state index contributed by atoms with van der Waals surface area (Å²) in [7, 11) is 1.51. The highest BCUT2D eigenvalue weighted by Gasteiger charge is 2.19. The van der Waals surface area contributed by atoms with Gasteiger partial charge in [-0.3, -0.25) is 0 Å². The molecule has 7 heteroatoms. The van der Waals surface area contributed by atoms with Gasteiger partial charge in [-0.2, -0.15) is 0 Å². The average molecular weight is 293 g/mol. The van der Waals surface area contributed by atoms with E-state index < -0.39 is 5.97 Å². The van der Waals surface area contributed by atoms with E-state index in [1.54, 1.807) is 6.07 Å². The fourth-order valence-electron chi connectivity index (χ4n) is 1.72. The molecular formula is C13H15N3O3S. The van der Waals surface area contributed by atoms with Crippen LogP contribution in [0, 0.1) is 5.92 Å². The molecule has 0 spiro atoms. The zero-order valence-electron chi connectivity index (χ0n) is 11.5. The summed E-state index contributed by atoms with van der Waals surface area (Å²) in [6.45, 7) is 4.05. The predicted octanol–water partition coefficient (Wildman–Crippen LogP) is 2.51. The van der Waals surface area contributed by atoms with E-state index in [0.717, 1.165) is 11.3 Å². The van der Waals surface area contributed by atoms with E-state index in [-0.39, 0.29) is 4.88 Å². The van der Waals surface area contributed by atoms with Crippen LogP contribution in [-0.2, 0) is 6.42 Å². The molecule has 2 rings (SSSR count). The Kier molecular flexibility index (Phi) is 4.29. The Balaban J connectivity index is 2.44. The highest BCUT2D eigenvalue weighted by molar-refractivity contribution is 7.17.